The minimum atomic E-state index is -0.0528. The summed E-state index contributed by atoms with van der Waals surface area (Å²) in [4.78, 5) is 15.8. The zero-order valence-electron chi connectivity index (χ0n) is 9.05. The predicted molar refractivity (Wildman–Crippen MR) is 67.2 cm³/mol. The zero-order chi connectivity index (χ0) is 11.7. The quantitative estimate of drug-likeness (QED) is 0.753. The smallest absolute Gasteiger partial charge is 0.256 e. The van der Waals surface area contributed by atoms with E-state index in [4.69, 9.17) is 0 Å². The summed E-state index contributed by atoms with van der Waals surface area (Å²) in [6, 6.07) is 11.4. The molecule has 1 amide bonds. The monoisotopic (exact) mass is 222 g/mol. The molecule has 0 unspecified atom stereocenters. The van der Waals surface area contributed by atoms with Crippen LogP contribution in [-0.4, -0.2) is 10.9 Å². The maximum Gasteiger partial charge on any atom is 0.256 e. The van der Waals surface area contributed by atoms with Crippen molar-refractivity contribution in [2.24, 2.45) is 0 Å². The molecule has 2 aromatic rings. The van der Waals surface area contributed by atoms with Crippen molar-refractivity contribution in [3.05, 3.63) is 59.9 Å². The van der Waals surface area contributed by atoms with Crippen molar-refractivity contribution in [1.82, 2.24) is 4.98 Å². The molecule has 2 heterocycles. The number of nitrogens with zero attached hydrogens (tertiary/aromatic N) is 1. The van der Waals surface area contributed by atoms with Crippen LogP contribution < -0.4 is 5.32 Å². The van der Waals surface area contributed by atoms with Gasteiger partial charge < -0.3 is 5.32 Å². The Balaban J connectivity index is 2.10. The number of benzene rings is 1. The van der Waals surface area contributed by atoms with Crippen LogP contribution in [-0.2, 0) is 4.79 Å². The summed E-state index contributed by atoms with van der Waals surface area (Å²) in [6.45, 7) is 0. The Morgan fingerprint density at radius 1 is 1.06 bits per heavy atom. The predicted octanol–water partition coefficient (Wildman–Crippen LogP) is 2.57. The van der Waals surface area contributed by atoms with E-state index in [9.17, 15) is 4.79 Å². The Bertz CT molecular complexity index is 603. The molecule has 0 atom stereocenters. The number of fused-ring (bicyclic) bond motifs is 1. The van der Waals surface area contributed by atoms with Crippen molar-refractivity contribution in [3.63, 3.8) is 0 Å². The van der Waals surface area contributed by atoms with Crippen LogP contribution >= 0.6 is 0 Å². The average Bonchev–Trinajstić information content (AvgIpc) is 2.68. The fraction of sp³-hybridized carbons (Fsp3) is 0. The molecule has 1 N–H and O–H groups in total. The molecular weight excluding hydrogens is 212 g/mol. The maximum absolute atomic E-state index is 11.8. The summed E-state index contributed by atoms with van der Waals surface area (Å²) in [5, 5.41) is 2.84. The van der Waals surface area contributed by atoms with Crippen molar-refractivity contribution in [2.45, 2.75) is 0 Å². The van der Waals surface area contributed by atoms with E-state index >= 15 is 0 Å². The molecule has 0 radical (unpaired) electrons. The second-order valence-corrected chi connectivity index (χ2v) is 3.84. The topological polar surface area (TPSA) is 42.0 Å². The molecule has 1 aromatic heterocycles. The SMILES string of the molecule is O=C1Nc2ccccc2/C1=C/c1ccncc1. The number of hydrogen-bond donors (Lipinski definition) is 1. The number of nitrogens with one attached hydrogen (secondary N) is 1. The van der Waals surface area contributed by atoms with Crippen molar-refractivity contribution >= 4 is 23.2 Å². The van der Waals surface area contributed by atoms with Crippen LogP contribution in [0.4, 0.5) is 5.69 Å². The van der Waals surface area contributed by atoms with Crippen LogP contribution in [0.3, 0.4) is 0 Å². The normalized spacial score (nSPS) is 15.8. The average molecular weight is 222 g/mol. The standard InChI is InChI=1S/C14H10N2O/c17-14-12(9-10-5-7-15-8-6-10)11-3-1-2-4-13(11)16-14/h1-9H,(H,16,17)/b12-9-. The molecule has 3 rings (SSSR count). The van der Waals surface area contributed by atoms with Gasteiger partial charge in [-0.3, -0.25) is 9.78 Å². The highest BCUT2D eigenvalue weighted by atomic mass is 16.1. The van der Waals surface area contributed by atoms with Gasteiger partial charge in [0.15, 0.2) is 0 Å². The zero-order valence-corrected chi connectivity index (χ0v) is 9.05. The van der Waals surface area contributed by atoms with Gasteiger partial charge in [-0.1, -0.05) is 18.2 Å². The first kappa shape index (κ1) is 9.78. The number of anilines is 1. The first-order chi connectivity index (χ1) is 8.34. The largest absolute Gasteiger partial charge is 0.321 e. The van der Waals surface area contributed by atoms with Crippen LogP contribution in [0.2, 0.25) is 0 Å². The number of para-hydroxylation sites is 1. The summed E-state index contributed by atoms with van der Waals surface area (Å²) in [5.41, 5.74) is 3.50. The van der Waals surface area contributed by atoms with Gasteiger partial charge in [0.1, 0.15) is 0 Å². The van der Waals surface area contributed by atoms with Crippen molar-refractivity contribution < 1.29 is 4.79 Å². The van der Waals surface area contributed by atoms with Gasteiger partial charge in [-0.25, -0.2) is 0 Å². The van der Waals surface area contributed by atoms with Crippen molar-refractivity contribution in [2.75, 3.05) is 5.32 Å². The molecule has 17 heavy (non-hydrogen) atoms. The lowest BCUT2D eigenvalue weighted by Crippen LogP contribution is -2.03. The van der Waals surface area contributed by atoms with E-state index in [1.807, 2.05) is 42.5 Å². The fourth-order valence-electron chi connectivity index (χ4n) is 1.91. The third kappa shape index (κ3) is 1.72. The van der Waals surface area contributed by atoms with E-state index in [1.165, 1.54) is 0 Å². The lowest BCUT2D eigenvalue weighted by atomic mass is 10.0. The number of carbonyl (C=O) groups excluding carboxylic acids is 1. The van der Waals surface area contributed by atoms with Gasteiger partial charge in [-0.2, -0.15) is 0 Å². The van der Waals surface area contributed by atoms with E-state index in [-0.39, 0.29) is 5.91 Å². The van der Waals surface area contributed by atoms with Gasteiger partial charge in [0.25, 0.3) is 5.91 Å². The van der Waals surface area contributed by atoms with E-state index in [2.05, 4.69) is 10.3 Å². The van der Waals surface area contributed by atoms with E-state index in [1.54, 1.807) is 12.4 Å². The Hall–Kier alpha value is -2.42. The van der Waals surface area contributed by atoms with Crippen molar-refractivity contribution in [1.29, 1.82) is 0 Å². The van der Waals surface area contributed by atoms with Gasteiger partial charge >= 0.3 is 0 Å². The number of carbonyl (C=O) groups is 1. The number of pyridine rings is 1. The molecule has 1 aliphatic rings. The second-order valence-electron chi connectivity index (χ2n) is 3.84. The number of rotatable bonds is 1. The van der Waals surface area contributed by atoms with E-state index in [0.717, 1.165) is 16.8 Å². The summed E-state index contributed by atoms with van der Waals surface area (Å²) in [5.74, 6) is -0.0528. The van der Waals surface area contributed by atoms with Crippen LogP contribution in [0.15, 0.2) is 48.8 Å². The van der Waals surface area contributed by atoms with Gasteiger partial charge in [0.2, 0.25) is 0 Å². The molecule has 0 aliphatic carbocycles. The highest BCUT2D eigenvalue weighted by molar-refractivity contribution is 6.34. The van der Waals surface area contributed by atoms with Crippen LogP contribution in [0.25, 0.3) is 11.6 Å². The van der Waals surface area contributed by atoms with Gasteiger partial charge in [-0.15, -0.1) is 0 Å². The minimum Gasteiger partial charge on any atom is -0.321 e. The Labute approximate surface area is 98.8 Å². The van der Waals surface area contributed by atoms with Crippen LogP contribution in [0, 0.1) is 0 Å². The first-order valence-corrected chi connectivity index (χ1v) is 5.37. The third-order valence-corrected chi connectivity index (χ3v) is 2.73. The number of aromatic nitrogens is 1. The summed E-state index contributed by atoms with van der Waals surface area (Å²) >= 11 is 0. The van der Waals surface area contributed by atoms with Gasteiger partial charge in [-0.05, 0) is 29.8 Å². The maximum atomic E-state index is 11.8. The molecule has 1 aromatic carbocycles. The minimum absolute atomic E-state index is 0.0528. The summed E-state index contributed by atoms with van der Waals surface area (Å²) < 4.78 is 0. The molecule has 3 heteroatoms. The number of hydrogen-bond acceptors (Lipinski definition) is 2. The van der Waals surface area contributed by atoms with Crippen molar-refractivity contribution in [3.8, 4) is 0 Å². The Morgan fingerprint density at radius 2 is 1.82 bits per heavy atom. The van der Waals surface area contributed by atoms with Gasteiger partial charge in [0, 0.05) is 29.2 Å². The Kier molecular flexibility index (Phi) is 2.22. The molecule has 82 valence electrons. The van der Waals surface area contributed by atoms with Crippen LogP contribution in [0.5, 0.6) is 0 Å². The fourth-order valence-corrected chi connectivity index (χ4v) is 1.91. The molecule has 0 fully saturated rings. The van der Waals surface area contributed by atoms with E-state index < -0.39 is 0 Å². The second kappa shape index (κ2) is 3.87. The third-order valence-electron chi connectivity index (χ3n) is 2.73. The Morgan fingerprint density at radius 3 is 2.65 bits per heavy atom. The van der Waals surface area contributed by atoms with Crippen LogP contribution in [0.1, 0.15) is 11.1 Å². The highest BCUT2D eigenvalue weighted by Crippen LogP contribution is 2.32. The number of amides is 1. The summed E-state index contributed by atoms with van der Waals surface area (Å²) in [7, 11) is 0. The van der Waals surface area contributed by atoms with Gasteiger partial charge in [0.05, 0.1) is 0 Å². The highest BCUT2D eigenvalue weighted by Gasteiger charge is 2.22. The lowest BCUT2D eigenvalue weighted by molar-refractivity contribution is -0.110. The molecule has 0 saturated heterocycles. The molecule has 0 saturated carbocycles. The molecule has 0 bridgehead atoms. The first-order valence-electron chi connectivity index (χ1n) is 5.37. The van der Waals surface area contributed by atoms with E-state index in [0.29, 0.717) is 5.57 Å². The summed E-state index contributed by atoms with van der Waals surface area (Å²) in [6.07, 6.45) is 5.30. The molecule has 1 aliphatic heterocycles. The lowest BCUT2D eigenvalue weighted by Gasteiger charge is -1.97. The molecule has 0 spiro atoms. The molecule has 3 nitrogen and oxygen atoms in total. The molecular formula is C14H10N2O.